The molecule has 8 heteroatoms. The second-order valence-corrected chi connectivity index (χ2v) is 6.66. The number of carbonyl (C=O) groups excluding carboxylic acids is 2. The maximum absolute atomic E-state index is 12.5. The van der Waals surface area contributed by atoms with Crippen molar-refractivity contribution in [2.45, 2.75) is 6.10 Å². The lowest BCUT2D eigenvalue weighted by molar-refractivity contribution is -0.133. The molecule has 1 unspecified atom stereocenters. The van der Waals surface area contributed by atoms with Gasteiger partial charge in [0.05, 0.1) is 23.2 Å². The van der Waals surface area contributed by atoms with Gasteiger partial charge in [-0.2, -0.15) is 0 Å². The Balaban J connectivity index is 1.73. The molecular weight excluding hydrogens is 377 g/mol. The fraction of sp³-hybridized carbons (Fsp3) is 0.222. The number of hydrogen-bond acceptors (Lipinski definition) is 3. The number of benzene rings is 2. The summed E-state index contributed by atoms with van der Waals surface area (Å²) in [5, 5.41) is 3.77. The summed E-state index contributed by atoms with van der Waals surface area (Å²) in [6, 6.07) is 12.4. The van der Waals surface area contributed by atoms with Crippen LogP contribution in [-0.2, 0) is 9.53 Å². The molecule has 0 spiro atoms. The van der Waals surface area contributed by atoms with Crippen LogP contribution in [0.15, 0.2) is 42.5 Å². The first-order chi connectivity index (χ1) is 12.4. The van der Waals surface area contributed by atoms with Gasteiger partial charge in [0.1, 0.15) is 0 Å². The third-order valence-corrected chi connectivity index (χ3v) is 4.78. The van der Waals surface area contributed by atoms with E-state index in [0.29, 0.717) is 22.3 Å². The van der Waals surface area contributed by atoms with Crippen molar-refractivity contribution in [1.82, 2.24) is 4.90 Å². The predicted octanol–water partition coefficient (Wildman–Crippen LogP) is 3.38. The molecule has 0 aromatic heterocycles. The summed E-state index contributed by atoms with van der Waals surface area (Å²) in [5.74, 6) is -0.580. The molecule has 0 radical (unpaired) electrons. The van der Waals surface area contributed by atoms with Gasteiger partial charge in [0.25, 0.3) is 0 Å². The molecule has 1 aliphatic heterocycles. The molecular formula is C18H17Cl2N3O3. The highest BCUT2D eigenvalue weighted by Gasteiger charge is 2.27. The Bertz CT molecular complexity index is 844. The van der Waals surface area contributed by atoms with Crippen molar-refractivity contribution in [3.8, 4) is 11.1 Å². The SMILES string of the molecule is NC(=O)C1CN(C(=O)Nc2cccc(-c3ccc(Cl)c(Cl)c3)c2)CCO1. The van der Waals surface area contributed by atoms with E-state index in [-0.39, 0.29) is 19.2 Å². The van der Waals surface area contributed by atoms with Crippen LogP contribution in [0.2, 0.25) is 10.0 Å². The zero-order valence-electron chi connectivity index (χ0n) is 13.7. The van der Waals surface area contributed by atoms with E-state index in [4.69, 9.17) is 33.7 Å². The molecule has 2 aromatic rings. The lowest BCUT2D eigenvalue weighted by Gasteiger charge is -2.31. The molecule has 1 atom stereocenters. The number of amides is 3. The number of carbonyl (C=O) groups is 2. The number of primary amides is 1. The maximum atomic E-state index is 12.5. The minimum Gasteiger partial charge on any atom is -0.367 e. The van der Waals surface area contributed by atoms with Crippen molar-refractivity contribution in [2.24, 2.45) is 5.73 Å². The molecule has 3 rings (SSSR count). The summed E-state index contributed by atoms with van der Waals surface area (Å²) in [7, 11) is 0. The first-order valence-corrected chi connectivity index (χ1v) is 8.72. The summed E-state index contributed by atoms with van der Waals surface area (Å²) in [6.07, 6.45) is -0.781. The lowest BCUT2D eigenvalue weighted by Crippen LogP contribution is -2.51. The number of nitrogens with two attached hydrogens (primary N) is 1. The molecule has 3 amide bonds. The van der Waals surface area contributed by atoms with Gasteiger partial charge in [-0.25, -0.2) is 4.79 Å². The van der Waals surface area contributed by atoms with Crippen molar-refractivity contribution in [2.75, 3.05) is 25.0 Å². The highest BCUT2D eigenvalue weighted by Crippen LogP contribution is 2.29. The fourth-order valence-corrected chi connectivity index (χ4v) is 2.96. The minimum absolute atomic E-state index is 0.133. The van der Waals surface area contributed by atoms with Crippen LogP contribution in [0.1, 0.15) is 0 Å². The Labute approximate surface area is 160 Å². The van der Waals surface area contributed by atoms with E-state index in [1.807, 2.05) is 24.3 Å². The fourth-order valence-electron chi connectivity index (χ4n) is 2.66. The topological polar surface area (TPSA) is 84.7 Å². The number of rotatable bonds is 3. The number of morpholine rings is 1. The Morgan fingerprint density at radius 1 is 1.12 bits per heavy atom. The van der Waals surface area contributed by atoms with Crippen LogP contribution < -0.4 is 11.1 Å². The van der Waals surface area contributed by atoms with Crippen LogP contribution in [0.25, 0.3) is 11.1 Å². The predicted molar refractivity (Wildman–Crippen MR) is 101 cm³/mol. The van der Waals surface area contributed by atoms with Gasteiger partial charge in [-0.05, 0) is 35.4 Å². The maximum Gasteiger partial charge on any atom is 0.322 e. The van der Waals surface area contributed by atoms with Crippen molar-refractivity contribution in [3.63, 3.8) is 0 Å². The van der Waals surface area contributed by atoms with Gasteiger partial charge in [0.15, 0.2) is 6.10 Å². The third kappa shape index (κ3) is 4.27. The number of hydrogen-bond donors (Lipinski definition) is 2. The van der Waals surface area contributed by atoms with E-state index >= 15 is 0 Å². The molecule has 26 heavy (non-hydrogen) atoms. The van der Waals surface area contributed by atoms with Crippen LogP contribution in [0.3, 0.4) is 0 Å². The van der Waals surface area contributed by atoms with Crippen LogP contribution in [-0.4, -0.2) is 42.6 Å². The number of anilines is 1. The average molecular weight is 394 g/mol. The molecule has 1 fully saturated rings. The quantitative estimate of drug-likeness (QED) is 0.837. The summed E-state index contributed by atoms with van der Waals surface area (Å²) in [6.45, 7) is 0.792. The number of halogens is 2. The van der Waals surface area contributed by atoms with Gasteiger partial charge >= 0.3 is 6.03 Å². The third-order valence-electron chi connectivity index (χ3n) is 4.04. The van der Waals surface area contributed by atoms with Gasteiger partial charge in [0, 0.05) is 12.2 Å². The summed E-state index contributed by atoms with van der Waals surface area (Å²) >= 11 is 12.0. The van der Waals surface area contributed by atoms with Crippen molar-refractivity contribution in [3.05, 3.63) is 52.5 Å². The Hall–Kier alpha value is -2.28. The van der Waals surface area contributed by atoms with Crippen molar-refractivity contribution < 1.29 is 14.3 Å². The van der Waals surface area contributed by atoms with E-state index in [0.717, 1.165) is 11.1 Å². The molecule has 1 aliphatic rings. The van der Waals surface area contributed by atoms with E-state index in [1.165, 1.54) is 4.90 Å². The van der Waals surface area contributed by atoms with Gasteiger partial charge in [-0.1, -0.05) is 41.4 Å². The van der Waals surface area contributed by atoms with Gasteiger partial charge in [-0.15, -0.1) is 0 Å². The van der Waals surface area contributed by atoms with E-state index in [2.05, 4.69) is 5.32 Å². The van der Waals surface area contributed by atoms with Crippen molar-refractivity contribution in [1.29, 1.82) is 0 Å². The number of urea groups is 1. The number of nitrogens with one attached hydrogen (secondary N) is 1. The Kier molecular flexibility index (Phi) is 5.66. The number of nitrogens with zero attached hydrogens (tertiary/aromatic N) is 1. The molecule has 0 saturated carbocycles. The first-order valence-electron chi connectivity index (χ1n) is 7.96. The van der Waals surface area contributed by atoms with Crippen molar-refractivity contribution >= 4 is 40.8 Å². The van der Waals surface area contributed by atoms with Gasteiger partial charge in [0.2, 0.25) is 5.91 Å². The molecule has 136 valence electrons. The lowest BCUT2D eigenvalue weighted by atomic mass is 10.1. The number of ether oxygens (including phenoxy) is 1. The molecule has 6 nitrogen and oxygen atoms in total. The largest absolute Gasteiger partial charge is 0.367 e. The highest BCUT2D eigenvalue weighted by molar-refractivity contribution is 6.42. The van der Waals surface area contributed by atoms with Crippen LogP contribution in [0, 0.1) is 0 Å². The molecule has 3 N–H and O–H groups in total. The zero-order chi connectivity index (χ0) is 18.7. The first kappa shape index (κ1) is 18.5. The molecule has 1 saturated heterocycles. The molecule has 2 aromatic carbocycles. The second-order valence-electron chi connectivity index (χ2n) is 5.85. The highest BCUT2D eigenvalue weighted by atomic mass is 35.5. The monoisotopic (exact) mass is 393 g/mol. The Morgan fingerprint density at radius 3 is 2.62 bits per heavy atom. The standard InChI is InChI=1S/C18H17Cl2N3O3/c19-14-5-4-12(9-15(14)20)11-2-1-3-13(8-11)22-18(25)23-6-7-26-16(10-23)17(21)24/h1-5,8-9,16H,6-7,10H2,(H2,21,24)(H,22,25). The average Bonchev–Trinajstić information content (AvgIpc) is 2.64. The van der Waals surface area contributed by atoms with Gasteiger partial charge < -0.3 is 20.7 Å². The normalized spacial score (nSPS) is 17.0. The molecule has 0 aliphatic carbocycles. The van der Waals surface area contributed by atoms with Crippen LogP contribution >= 0.6 is 23.2 Å². The van der Waals surface area contributed by atoms with Gasteiger partial charge in [-0.3, -0.25) is 4.79 Å². The van der Waals surface area contributed by atoms with E-state index in [1.54, 1.807) is 18.2 Å². The summed E-state index contributed by atoms with van der Waals surface area (Å²) < 4.78 is 5.25. The zero-order valence-corrected chi connectivity index (χ0v) is 15.3. The van der Waals surface area contributed by atoms with E-state index < -0.39 is 12.0 Å². The molecule has 1 heterocycles. The van der Waals surface area contributed by atoms with Crippen LogP contribution in [0.4, 0.5) is 10.5 Å². The summed E-state index contributed by atoms with van der Waals surface area (Å²) in [4.78, 5) is 25.2. The van der Waals surface area contributed by atoms with Crippen LogP contribution in [0.5, 0.6) is 0 Å². The molecule has 0 bridgehead atoms. The second kappa shape index (κ2) is 7.95. The van der Waals surface area contributed by atoms with E-state index in [9.17, 15) is 9.59 Å². The summed E-state index contributed by atoms with van der Waals surface area (Å²) in [5.41, 5.74) is 7.64. The Morgan fingerprint density at radius 2 is 1.88 bits per heavy atom. The smallest absolute Gasteiger partial charge is 0.322 e. The minimum atomic E-state index is -0.781.